The third-order valence-corrected chi connectivity index (χ3v) is 2.84. The first kappa shape index (κ1) is 11.6. The van der Waals surface area contributed by atoms with Crippen molar-refractivity contribution < 1.29 is 4.79 Å². The van der Waals surface area contributed by atoms with Crippen LogP contribution in [0.2, 0.25) is 0 Å². The number of H-pyrrole nitrogens is 1. The van der Waals surface area contributed by atoms with Gasteiger partial charge in [-0.15, -0.1) is 0 Å². The second-order valence-electron chi connectivity index (χ2n) is 4.73. The van der Waals surface area contributed by atoms with E-state index in [1.165, 1.54) is 0 Å². The molecule has 1 aromatic carbocycles. The molecule has 0 unspecified atom stereocenters. The predicted molar refractivity (Wildman–Crippen MR) is 69.9 cm³/mol. The van der Waals surface area contributed by atoms with Crippen LogP contribution < -0.4 is 4.90 Å². The number of benzene rings is 1. The maximum absolute atomic E-state index is 11.1. The molecule has 0 spiro atoms. The number of aromatic nitrogens is 2. The number of fused-ring (bicyclic) bond motifs is 1. The van der Waals surface area contributed by atoms with Crippen LogP contribution in [0, 0.1) is 0 Å². The van der Waals surface area contributed by atoms with E-state index in [1.54, 1.807) is 0 Å². The van der Waals surface area contributed by atoms with E-state index < -0.39 is 0 Å². The summed E-state index contributed by atoms with van der Waals surface area (Å²) in [5.74, 6) is 1.16. The Bertz CT molecular complexity index is 555. The molecule has 1 heterocycles. The van der Waals surface area contributed by atoms with Gasteiger partial charge in [-0.3, -0.25) is 4.79 Å². The molecule has 2 aromatic rings. The summed E-state index contributed by atoms with van der Waals surface area (Å²) in [5.41, 5.74) is 3.46. The van der Waals surface area contributed by atoms with E-state index >= 15 is 0 Å². The fraction of sp³-hybridized carbons (Fsp3) is 0.385. The lowest BCUT2D eigenvalue weighted by atomic mass is 10.00. The molecule has 0 aliphatic carbocycles. The molecular formula is C13H17N3O. The summed E-state index contributed by atoms with van der Waals surface area (Å²) in [5, 5.41) is 0. The van der Waals surface area contributed by atoms with Crippen LogP contribution in [0.3, 0.4) is 0 Å². The zero-order valence-electron chi connectivity index (χ0n) is 10.6. The maximum atomic E-state index is 11.1. The Hall–Kier alpha value is -1.84. The van der Waals surface area contributed by atoms with Crippen LogP contribution in [0.4, 0.5) is 5.95 Å². The van der Waals surface area contributed by atoms with Crippen molar-refractivity contribution in [3.8, 4) is 0 Å². The number of carbonyl (C=O) groups excluding carboxylic acids is 1. The monoisotopic (exact) mass is 231 g/mol. The van der Waals surface area contributed by atoms with Crippen molar-refractivity contribution >= 4 is 23.3 Å². The highest BCUT2D eigenvalue weighted by molar-refractivity contribution is 5.95. The SMILES string of the molecule is CC(C)c1cc(C=O)c2nc(N(C)C)[nH]c2c1. The minimum absolute atomic E-state index is 0.393. The minimum Gasteiger partial charge on any atom is -0.349 e. The van der Waals surface area contributed by atoms with E-state index in [-0.39, 0.29) is 0 Å². The minimum atomic E-state index is 0.393. The van der Waals surface area contributed by atoms with Crippen LogP contribution in [-0.2, 0) is 0 Å². The molecule has 0 bridgehead atoms. The second kappa shape index (κ2) is 4.20. The number of carbonyl (C=O) groups is 1. The van der Waals surface area contributed by atoms with Gasteiger partial charge in [-0.25, -0.2) is 4.98 Å². The van der Waals surface area contributed by atoms with Gasteiger partial charge in [0.1, 0.15) is 5.52 Å². The molecule has 4 nitrogen and oxygen atoms in total. The Balaban J connectivity index is 2.69. The lowest BCUT2D eigenvalue weighted by Crippen LogP contribution is -2.09. The Kier molecular flexibility index (Phi) is 2.88. The van der Waals surface area contributed by atoms with Crippen LogP contribution in [0.25, 0.3) is 11.0 Å². The first-order valence-electron chi connectivity index (χ1n) is 5.69. The van der Waals surface area contributed by atoms with Gasteiger partial charge in [0.25, 0.3) is 0 Å². The fourth-order valence-corrected chi connectivity index (χ4v) is 1.79. The van der Waals surface area contributed by atoms with E-state index in [9.17, 15) is 4.79 Å². The van der Waals surface area contributed by atoms with Gasteiger partial charge >= 0.3 is 0 Å². The van der Waals surface area contributed by atoms with E-state index in [1.807, 2.05) is 25.1 Å². The van der Waals surface area contributed by atoms with E-state index in [0.717, 1.165) is 28.8 Å². The topological polar surface area (TPSA) is 49.0 Å². The summed E-state index contributed by atoms with van der Waals surface area (Å²) in [6.45, 7) is 4.22. The van der Waals surface area contributed by atoms with Crippen LogP contribution in [0.1, 0.15) is 35.7 Å². The molecule has 0 aliphatic heterocycles. The van der Waals surface area contributed by atoms with Crippen molar-refractivity contribution in [3.05, 3.63) is 23.3 Å². The van der Waals surface area contributed by atoms with E-state index in [2.05, 4.69) is 29.9 Å². The Morgan fingerprint density at radius 1 is 1.35 bits per heavy atom. The van der Waals surface area contributed by atoms with Gasteiger partial charge in [0.2, 0.25) is 5.95 Å². The molecule has 4 heteroatoms. The smallest absolute Gasteiger partial charge is 0.203 e. The van der Waals surface area contributed by atoms with Crippen molar-refractivity contribution in [1.82, 2.24) is 9.97 Å². The number of imidazole rings is 1. The van der Waals surface area contributed by atoms with Gasteiger partial charge in [0.05, 0.1) is 5.52 Å². The number of nitrogens with zero attached hydrogens (tertiary/aromatic N) is 2. The predicted octanol–water partition coefficient (Wildman–Crippen LogP) is 2.56. The zero-order chi connectivity index (χ0) is 12.6. The van der Waals surface area contributed by atoms with Gasteiger partial charge in [0, 0.05) is 19.7 Å². The third kappa shape index (κ3) is 2.02. The van der Waals surface area contributed by atoms with Crippen LogP contribution in [-0.4, -0.2) is 30.3 Å². The first-order chi connectivity index (χ1) is 8.02. The number of hydrogen-bond acceptors (Lipinski definition) is 3. The van der Waals surface area contributed by atoms with Crippen molar-refractivity contribution in [2.24, 2.45) is 0 Å². The summed E-state index contributed by atoms with van der Waals surface area (Å²) in [6, 6.07) is 3.98. The molecule has 17 heavy (non-hydrogen) atoms. The lowest BCUT2D eigenvalue weighted by Gasteiger charge is -2.06. The lowest BCUT2D eigenvalue weighted by molar-refractivity contribution is 0.112. The first-order valence-corrected chi connectivity index (χ1v) is 5.69. The average Bonchev–Trinajstić information content (AvgIpc) is 2.71. The Morgan fingerprint density at radius 2 is 2.06 bits per heavy atom. The second-order valence-corrected chi connectivity index (χ2v) is 4.73. The molecule has 90 valence electrons. The van der Waals surface area contributed by atoms with E-state index in [4.69, 9.17) is 0 Å². The molecule has 0 atom stereocenters. The molecule has 1 N–H and O–H groups in total. The molecule has 0 amide bonds. The van der Waals surface area contributed by atoms with Crippen molar-refractivity contribution in [2.75, 3.05) is 19.0 Å². The molecule has 0 saturated carbocycles. The number of aromatic amines is 1. The van der Waals surface area contributed by atoms with Gasteiger partial charge < -0.3 is 9.88 Å². The molecule has 0 radical (unpaired) electrons. The standard InChI is InChI=1S/C13H17N3O/c1-8(2)9-5-10(7-17)12-11(6-9)14-13(15-12)16(3)4/h5-8H,1-4H3,(H,14,15). The molecule has 0 saturated heterocycles. The molecule has 1 aromatic heterocycles. The van der Waals surface area contributed by atoms with Crippen molar-refractivity contribution in [3.63, 3.8) is 0 Å². The zero-order valence-corrected chi connectivity index (χ0v) is 10.6. The average molecular weight is 231 g/mol. The van der Waals surface area contributed by atoms with Crippen LogP contribution >= 0.6 is 0 Å². The largest absolute Gasteiger partial charge is 0.349 e. The summed E-state index contributed by atoms with van der Waals surface area (Å²) < 4.78 is 0. The number of aldehydes is 1. The van der Waals surface area contributed by atoms with Gasteiger partial charge in [0.15, 0.2) is 6.29 Å². The fourth-order valence-electron chi connectivity index (χ4n) is 1.79. The highest BCUT2D eigenvalue weighted by Gasteiger charge is 2.11. The number of rotatable bonds is 3. The number of nitrogens with one attached hydrogen (secondary N) is 1. The summed E-state index contributed by atoms with van der Waals surface area (Å²) in [7, 11) is 3.84. The number of anilines is 1. The van der Waals surface area contributed by atoms with Crippen LogP contribution in [0.15, 0.2) is 12.1 Å². The highest BCUT2D eigenvalue weighted by Crippen LogP contribution is 2.24. The van der Waals surface area contributed by atoms with Crippen molar-refractivity contribution in [2.45, 2.75) is 19.8 Å². The highest BCUT2D eigenvalue weighted by atomic mass is 16.1. The molecule has 0 fully saturated rings. The summed E-state index contributed by atoms with van der Waals surface area (Å²) >= 11 is 0. The van der Waals surface area contributed by atoms with Crippen LogP contribution in [0.5, 0.6) is 0 Å². The normalized spacial score (nSPS) is 11.1. The summed E-state index contributed by atoms with van der Waals surface area (Å²) in [4.78, 5) is 20.6. The Labute approximate surface area is 101 Å². The summed E-state index contributed by atoms with van der Waals surface area (Å²) in [6.07, 6.45) is 0.870. The quantitative estimate of drug-likeness (QED) is 0.826. The van der Waals surface area contributed by atoms with Crippen molar-refractivity contribution in [1.29, 1.82) is 0 Å². The molecule has 2 rings (SSSR count). The maximum Gasteiger partial charge on any atom is 0.203 e. The van der Waals surface area contributed by atoms with Gasteiger partial charge in [-0.2, -0.15) is 0 Å². The molecule has 0 aliphatic rings. The number of hydrogen-bond donors (Lipinski definition) is 1. The molecular weight excluding hydrogens is 214 g/mol. The van der Waals surface area contributed by atoms with Gasteiger partial charge in [-0.05, 0) is 23.6 Å². The van der Waals surface area contributed by atoms with Gasteiger partial charge in [-0.1, -0.05) is 13.8 Å². The Morgan fingerprint density at radius 3 is 2.59 bits per heavy atom. The van der Waals surface area contributed by atoms with E-state index in [0.29, 0.717) is 11.5 Å². The third-order valence-electron chi connectivity index (χ3n) is 2.84.